The number of hydrogen-bond acceptors (Lipinski definition) is 12. The Kier molecular flexibility index (Phi) is 34.5. The van der Waals surface area contributed by atoms with E-state index in [2.05, 4.69) is 22.6 Å². The lowest BCUT2D eigenvalue weighted by molar-refractivity contribution is -0.160. The lowest BCUT2D eigenvalue weighted by atomic mass is 10.2. The number of carbonyl (C=O) groups excluding carboxylic acids is 1. The maximum Gasteiger partial charge on any atom is 0.332 e. The van der Waals surface area contributed by atoms with Crippen LogP contribution in [-0.4, -0.2) is 148 Å². The zero-order chi connectivity index (χ0) is 31.5. The van der Waals surface area contributed by atoms with Crippen molar-refractivity contribution in [3.05, 3.63) is 0 Å². The first-order valence-electron chi connectivity index (χ1n) is 15.5. The summed E-state index contributed by atoms with van der Waals surface area (Å²) in [4.78, 5) is 11.5. The second-order valence-electron chi connectivity index (χ2n) is 10.3. The van der Waals surface area contributed by atoms with Crippen LogP contribution in [0.15, 0.2) is 0 Å². The Bertz CT molecular complexity index is 566. The maximum atomic E-state index is 11.5. The van der Waals surface area contributed by atoms with Gasteiger partial charge in [0.25, 0.3) is 0 Å². The summed E-state index contributed by atoms with van der Waals surface area (Å²) >= 11 is 2.42. The summed E-state index contributed by atoms with van der Waals surface area (Å²) in [5, 5.41) is 0. The minimum absolute atomic E-state index is 0.0789. The van der Waals surface area contributed by atoms with Crippen LogP contribution >= 0.6 is 22.6 Å². The van der Waals surface area contributed by atoms with Crippen molar-refractivity contribution < 1.29 is 56.9 Å². The number of halogens is 1. The highest BCUT2D eigenvalue weighted by Crippen LogP contribution is 2.06. The van der Waals surface area contributed by atoms with Crippen molar-refractivity contribution in [1.29, 1.82) is 0 Å². The number of esters is 1. The molecule has 0 heterocycles. The molecule has 12 nitrogen and oxygen atoms in total. The molecular weight excluding hydrogens is 679 g/mol. The van der Waals surface area contributed by atoms with Crippen LogP contribution in [-0.2, 0) is 56.9 Å². The van der Waals surface area contributed by atoms with Gasteiger partial charge in [-0.15, -0.1) is 0 Å². The van der Waals surface area contributed by atoms with Gasteiger partial charge in [-0.05, 0) is 38.0 Å². The summed E-state index contributed by atoms with van der Waals surface area (Å²) in [6, 6.07) is 0. The van der Waals surface area contributed by atoms with E-state index >= 15 is 0 Å². The largest absolute Gasteiger partial charge is 0.458 e. The van der Waals surface area contributed by atoms with Gasteiger partial charge in [0.2, 0.25) is 0 Å². The first kappa shape index (κ1) is 42.8. The number of rotatable bonds is 35. The molecule has 0 N–H and O–H groups in total. The molecule has 0 aliphatic carbocycles. The fraction of sp³-hybridized carbons (Fsp3) is 0.967. The molecule has 0 atom stereocenters. The summed E-state index contributed by atoms with van der Waals surface area (Å²) in [5.41, 5.74) is -0.507. The number of alkyl halides is 1. The molecule has 0 bridgehead atoms. The van der Waals surface area contributed by atoms with Crippen molar-refractivity contribution in [2.45, 2.75) is 52.1 Å². The third-order valence-electron chi connectivity index (χ3n) is 5.16. The Hall–Kier alpha value is -0.200. The topological polar surface area (TPSA) is 119 Å². The standard InChI is InChI=1S/C30H59IO12/c1-30(2,3)43-29(32)28-42-27-26-41-25-24-40-23-22-39-21-20-38-19-18-37-17-16-36-15-14-35-13-12-34-11-10-33-9-7-5-4-6-8-31/h4-28H2,1-3H3. The van der Waals surface area contributed by atoms with Gasteiger partial charge in [0.15, 0.2) is 0 Å². The second kappa shape index (κ2) is 34.7. The lowest BCUT2D eigenvalue weighted by Crippen LogP contribution is -2.27. The quantitative estimate of drug-likeness (QED) is 0.0410. The van der Waals surface area contributed by atoms with Crippen LogP contribution in [0.5, 0.6) is 0 Å². The fourth-order valence-electron chi connectivity index (χ4n) is 3.16. The molecule has 0 aromatic heterocycles. The van der Waals surface area contributed by atoms with E-state index in [-0.39, 0.29) is 12.6 Å². The van der Waals surface area contributed by atoms with Crippen molar-refractivity contribution >= 4 is 28.6 Å². The highest BCUT2D eigenvalue weighted by molar-refractivity contribution is 14.1. The number of unbranched alkanes of at least 4 members (excludes halogenated alkanes) is 3. The Morgan fingerprint density at radius 3 is 1.00 bits per heavy atom. The average molecular weight is 739 g/mol. The monoisotopic (exact) mass is 738 g/mol. The molecule has 0 amide bonds. The lowest BCUT2D eigenvalue weighted by Gasteiger charge is -2.19. The van der Waals surface area contributed by atoms with Crippen LogP contribution in [0.25, 0.3) is 0 Å². The molecule has 0 unspecified atom stereocenters. The predicted molar refractivity (Wildman–Crippen MR) is 171 cm³/mol. The molecule has 0 saturated heterocycles. The van der Waals surface area contributed by atoms with Gasteiger partial charge >= 0.3 is 5.97 Å². The van der Waals surface area contributed by atoms with Crippen LogP contribution in [0.3, 0.4) is 0 Å². The zero-order valence-electron chi connectivity index (χ0n) is 27.0. The molecule has 0 aliphatic rings. The van der Waals surface area contributed by atoms with Crippen molar-refractivity contribution in [3.8, 4) is 0 Å². The minimum Gasteiger partial charge on any atom is -0.458 e. The van der Waals surface area contributed by atoms with Crippen molar-refractivity contribution in [1.82, 2.24) is 0 Å². The van der Waals surface area contributed by atoms with Gasteiger partial charge in [-0.25, -0.2) is 4.79 Å². The maximum absolute atomic E-state index is 11.5. The van der Waals surface area contributed by atoms with E-state index in [4.69, 9.17) is 52.1 Å². The Labute approximate surface area is 273 Å². The second-order valence-corrected chi connectivity index (χ2v) is 11.3. The van der Waals surface area contributed by atoms with Crippen LogP contribution in [0, 0.1) is 0 Å². The van der Waals surface area contributed by atoms with Gasteiger partial charge in [0.1, 0.15) is 12.2 Å². The van der Waals surface area contributed by atoms with Crippen LogP contribution in [0.2, 0.25) is 0 Å². The summed E-state index contributed by atoms with van der Waals surface area (Å²) in [5.74, 6) is -0.383. The summed E-state index contributed by atoms with van der Waals surface area (Å²) < 4.78 is 60.8. The molecule has 0 spiro atoms. The van der Waals surface area contributed by atoms with E-state index in [0.717, 1.165) is 13.0 Å². The summed E-state index contributed by atoms with van der Waals surface area (Å²) in [6.45, 7) is 15.2. The van der Waals surface area contributed by atoms with Gasteiger partial charge in [-0.1, -0.05) is 35.4 Å². The molecule has 258 valence electrons. The van der Waals surface area contributed by atoms with Gasteiger partial charge in [0.05, 0.1) is 119 Å². The first-order chi connectivity index (χ1) is 21.0. The van der Waals surface area contributed by atoms with Crippen molar-refractivity contribution in [2.75, 3.05) is 137 Å². The summed E-state index contributed by atoms with van der Waals surface area (Å²) in [6.07, 6.45) is 4.97. The van der Waals surface area contributed by atoms with E-state index < -0.39 is 5.60 Å². The normalized spacial score (nSPS) is 11.8. The zero-order valence-corrected chi connectivity index (χ0v) is 29.1. The molecule has 0 aromatic rings. The molecule has 0 saturated carbocycles. The molecule has 0 aliphatic heterocycles. The van der Waals surface area contributed by atoms with Crippen molar-refractivity contribution in [3.63, 3.8) is 0 Å². The molecule has 0 rings (SSSR count). The number of carbonyl (C=O) groups is 1. The minimum atomic E-state index is -0.507. The summed E-state index contributed by atoms with van der Waals surface area (Å²) in [7, 11) is 0. The average Bonchev–Trinajstić information content (AvgIpc) is 2.96. The van der Waals surface area contributed by atoms with Crippen molar-refractivity contribution in [2.24, 2.45) is 0 Å². The molecular formula is C30H59IO12. The molecule has 0 fully saturated rings. The molecule has 13 heteroatoms. The van der Waals surface area contributed by atoms with Gasteiger partial charge in [-0.3, -0.25) is 0 Å². The first-order valence-corrected chi connectivity index (χ1v) is 17.0. The van der Waals surface area contributed by atoms with E-state index in [1.807, 2.05) is 20.8 Å². The highest BCUT2D eigenvalue weighted by atomic mass is 127. The predicted octanol–water partition coefficient (Wildman–Crippen LogP) is 3.49. The third-order valence-corrected chi connectivity index (χ3v) is 5.92. The van der Waals surface area contributed by atoms with Gasteiger partial charge in [-0.2, -0.15) is 0 Å². The SMILES string of the molecule is CC(C)(C)OC(=O)COCCOCCOCCOCCOCCOCCOCCOCCOCCOCCCCCCI. The van der Waals surface area contributed by atoms with E-state index in [1.165, 1.54) is 23.7 Å². The van der Waals surface area contributed by atoms with E-state index in [0.29, 0.717) is 119 Å². The molecule has 0 radical (unpaired) electrons. The van der Waals surface area contributed by atoms with E-state index in [9.17, 15) is 4.79 Å². The van der Waals surface area contributed by atoms with Crippen LogP contribution in [0.4, 0.5) is 0 Å². The molecule has 43 heavy (non-hydrogen) atoms. The highest BCUT2D eigenvalue weighted by Gasteiger charge is 2.15. The Balaban J connectivity index is 3.09. The Morgan fingerprint density at radius 1 is 0.419 bits per heavy atom. The smallest absolute Gasteiger partial charge is 0.332 e. The van der Waals surface area contributed by atoms with Gasteiger partial charge < -0.3 is 52.1 Å². The molecule has 0 aromatic carbocycles. The number of hydrogen-bond donors (Lipinski definition) is 0. The van der Waals surface area contributed by atoms with Crippen LogP contribution in [0.1, 0.15) is 46.5 Å². The van der Waals surface area contributed by atoms with Crippen LogP contribution < -0.4 is 0 Å². The third kappa shape index (κ3) is 39.8. The fourth-order valence-corrected chi connectivity index (χ4v) is 3.70. The van der Waals surface area contributed by atoms with E-state index in [1.54, 1.807) is 0 Å². The Morgan fingerprint density at radius 2 is 0.698 bits per heavy atom. The van der Waals surface area contributed by atoms with Gasteiger partial charge in [0, 0.05) is 6.61 Å². The number of ether oxygens (including phenoxy) is 11.